The largest absolute Gasteiger partial charge is 0.756 e. The molecule has 0 aliphatic carbocycles. The lowest BCUT2D eigenvalue weighted by atomic mass is 10.1. The van der Waals surface area contributed by atoms with Crippen LogP contribution in [0.25, 0.3) is 22.3 Å². The third kappa shape index (κ3) is 5.35. The van der Waals surface area contributed by atoms with Crippen LogP contribution in [0.5, 0.6) is 0 Å². The molecule has 23 nitrogen and oxygen atoms in total. The second-order valence-corrected chi connectivity index (χ2v) is 11.0. The van der Waals surface area contributed by atoms with Crippen molar-refractivity contribution >= 4 is 42.0 Å². The van der Waals surface area contributed by atoms with Crippen molar-refractivity contribution in [3.63, 3.8) is 0 Å². The van der Waals surface area contributed by atoms with E-state index in [0.29, 0.717) is 0 Å². The molecule has 0 aromatic carbocycles. The number of H-pyrrole nitrogens is 2. The highest BCUT2D eigenvalue weighted by atomic mass is 31.2. The highest BCUT2D eigenvalue weighted by Gasteiger charge is 2.49. The van der Waals surface area contributed by atoms with E-state index in [1.54, 1.807) is 0 Å². The van der Waals surface area contributed by atoms with Crippen molar-refractivity contribution in [3.05, 3.63) is 33.4 Å². The second-order valence-electron chi connectivity index (χ2n) is 9.65. The van der Waals surface area contributed by atoms with Gasteiger partial charge in [0.05, 0.1) is 25.9 Å². The molecule has 0 saturated carbocycles. The third-order valence-electron chi connectivity index (χ3n) is 6.92. The minimum atomic E-state index is -5.31. The Balaban J connectivity index is 0.00000384. The van der Waals surface area contributed by atoms with Crippen LogP contribution in [-0.4, -0.2) is 109 Å². The lowest BCUT2D eigenvalue weighted by molar-refractivity contribution is -0.236. The average molecular weight is 645 g/mol. The molecule has 9 atom stereocenters. The Bertz CT molecular complexity index is 1840. The van der Waals surface area contributed by atoms with E-state index in [1.165, 1.54) is 0 Å². The number of nitrogens with two attached hydrogens (primary N) is 2. The number of hydrogen-bond acceptors (Lipinski definition) is 18. The van der Waals surface area contributed by atoms with Gasteiger partial charge in [0.25, 0.3) is 18.9 Å². The maximum Gasteiger partial charge on any atom is 0.280 e. The molecule has 2 aliphatic heterocycles. The molecule has 4 aromatic heterocycles. The predicted octanol–water partition coefficient (Wildman–Crippen LogP) is -4.47. The Labute approximate surface area is 243 Å². The van der Waals surface area contributed by atoms with E-state index >= 15 is 0 Å². The number of aromatic amines is 2. The zero-order chi connectivity index (χ0) is 30.8. The van der Waals surface area contributed by atoms with Crippen molar-refractivity contribution in [2.45, 2.75) is 49.1 Å². The standard InChI is InChI=1S/C20H25N10O12P.H3N/c21-19-25-13-7(15(35)27-19)23-3-29(13)17-10(33)9(32)6(41-17)2-39-43(37,38)42-12-5(1-31)40-18(11(12)34)30-4-24-8-14(30)26-20(22)28-16(8)36;/h3-6,9-12,17-18,31-34H,1-2H2,(H,37,38)(H3,21,25,27,35)(H3,22,26,28,36);1H3. The van der Waals surface area contributed by atoms with Gasteiger partial charge in [-0.25, -0.2) is 9.97 Å². The fraction of sp³-hybridized carbons (Fsp3) is 0.500. The van der Waals surface area contributed by atoms with Crippen LogP contribution in [0, 0.1) is 0 Å². The SMILES string of the molecule is Nc1nc2c(ncn2C2OC(COP(=O)([O-])OC3C(CO)OC(n4cnc5c(=O)[nH]c(N)nc54)C3O)C(O)C2O)c(=O)[nH]1.[NH4+]. The molecule has 6 heterocycles. The van der Waals surface area contributed by atoms with E-state index in [-0.39, 0.29) is 40.4 Å². The Kier molecular flexibility index (Phi) is 8.29. The third-order valence-corrected chi connectivity index (χ3v) is 7.89. The van der Waals surface area contributed by atoms with E-state index < -0.39 is 81.2 Å². The van der Waals surface area contributed by atoms with E-state index in [1.807, 2.05) is 0 Å². The summed E-state index contributed by atoms with van der Waals surface area (Å²) < 4.78 is 36.1. The fourth-order valence-corrected chi connectivity index (χ4v) is 5.87. The number of nitrogens with zero attached hydrogens (tertiary/aromatic N) is 6. The van der Waals surface area contributed by atoms with E-state index in [0.717, 1.165) is 21.8 Å². The van der Waals surface area contributed by atoms with Gasteiger partial charge in [-0.3, -0.25) is 33.3 Å². The number of anilines is 2. The average Bonchev–Trinajstić information content (AvgIpc) is 3.69. The summed E-state index contributed by atoms with van der Waals surface area (Å²) in [5.41, 5.74) is 9.42. The fourth-order valence-electron chi connectivity index (χ4n) is 4.93. The van der Waals surface area contributed by atoms with E-state index in [2.05, 4.69) is 29.9 Å². The lowest BCUT2D eigenvalue weighted by Crippen LogP contribution is -2.38. The summed E-state index contributed by atoms with van der Waals surface area (Å²) in [6, 6.07) is 0. The number of nitrogen functional groups attached to an aromatic ring is 2. The van der Waals surface area contributed by atoms with Gasteiger partial charge in [-0.05, 0) is 0 Å². The van der Waals surface area contributed by atoms with Crippen molar-refractivity contribution in [3.8, 4) is 0 Å². The predicted molar refractivity (Wildman–Crippen MR) is 142 cm³/mol. The molecule has 24 heteroatoms. The molecular weight excluding hydrogens is 617 g/mol. The normalized spacial score (nSPS) is 30.1. The first-order valence-corrected chi connectivity index (χ1v) is 13.9. The summed E-state index contributed by atoms with van der Waals surface area (Å²) >= 11 is 0. The van der Waals surface area contributed by atoms with Crippen LogP contribution in [0.2, 0.25) is 0 Å². The van der Waals surface area contributed by atoms with Crippen molar-refractivity contribution < 1.29 is 48.4 Å². The molecule has 2 fully saturated rings. The maximum atomic E-state index is 12.8. The van der Waals surface area contributed by atoms with Crippen molar-refractivity contribution in [1.29, 1.82) is 0 Å². The van der Waals surface area contributed by atoms with Crippen LogP contribution < -0.4 is 33.6 Å². The molecule has 240 valence electrons. The van der Waals surface area contributed by atoms with Crippen LogP contribution in [0.15, 0.2) is 22.2 Å². The Morgan fingerprint density at radius 2 is 1.41 bits per heavy atom. The number of ether oxygens (including phenoxy) is 2. The van der Waals surface area contributed by atoms with Gasteiger partial charge < -0.3 is 61.5 Å². The highest BCUT2D eigenvalue weighted by Crippen LogP contribution is 2.46. The molecular formula is C20H28N11O12P. The summed E-state index contributed by atoms with van der Waals surface area (Å²) in [5, 5.41) is 41.7. The Hall–Kier alpha value is -3.87. The minimum Gasteiger partial charge on any atom is -0.756 e. The van der Waals surface area contributed by atoms with Gasteiger partial charge in [0.15, 0.2) is 34.8 Å². The summed E-state index contributed by atoms with van der Waals surface area (Å²) in [6.45, 7) is -1.65. The molecule has 0 amide bonds. The molecule has 2 saturated heterocycles. The van der Waals surface area contributed by atoms with Crippen molar-refractivity contribution in [2.24, 2.45) is 0 Å². The monoisotopic (exact) mass is 645 g/mol. The molecule has 4 aromatic rings. The molecule has 0 bridgehead atoms. The van der Waals surface area contributed by atoms with Gasteiger partial charge >= 0.3 is 0 Å². The van der Waals surface area contributed by atoms with E-state index in [4.69, 9.17) is 30.0 Å². The van der Waals surface area contributed by atoms with Crippen molar-refractivity contribution in [1.82, 2.24) is 45.2 Å². The number of fused-ring (bicyclic) bond motifs is 2. The topological polar surface area (TPSA) is 374 Å². The summed E-state index contributed by atoms with van der Waals surface area (Å²) in [4.78, 5) is 57.1. The Morgan fingerprint density at radius 1 is 0.909 bits per heavy atom. The number of rotatable bonds is 8. The maximum absolute atomic E-state index is 12.8. The zero-order valence-electron chi connectivity index (χ0n) is 22.5. The van der Waals surface area contributed by atoms with E-state index in [9.17, 15) is 39.5 Å². The number of aromatic nitrogens is 8. The summed E-state index contributed by atoms with van der Waals surface area (Å²) in [6.07, 6.45) is -10.1. The van der Waals surface area contributed by atoms with Crippen LogP contribution in [0.1, 0.15) is 12.5 Å². The number of hydrogen-bond donors (Lipinski definition) is 9. The number of aliphatic hydroxyl groups is 4. The van der Waals surface area contributed by atoms with Gasteiger partial charge in [0.2, 0.25) is 11.9 Å². The van der Waals surface area contributed by atoms with Crippen molar-refractivity contribution in [2.75, 3.05) is 24.7 Å². The molecule has 9 unspecified atom stereocenters. The van der Waals surface area contributed by atoms with Crippen LogP contribution in [0.4, 0.5) is 11.9 Å². The second kappa shape index (κ2) is 11.6. The molecule has 14 N–H and O–H groups in total. The lowest BCUT2D eigenvalue weighted by Gasteiger charge is -2.30. The summed E-state index contributed by atoms with van der Waals surface area (Å²) in [7, 11) is -5.31. The minimum absolute atomic E-state index is 0. The van der Waals surface area contributed by atoms with Gasteiger partial charge in [0, 0.05) is 0 Å². The van der Waals surface area contributed by atoms with Crippen LogP contribution >= 0.6 is 7.82 Å². The molecule has 0 spiro atoms. The highest BCUT2D eigenvalue weighted by molar-refractivity contribution is 7.45. The first kappa shape index (κ1) is 31.6. The molecule has 2 aliphatic rings. The number of phosphoric ester groups is 1. The number of nitrogens with one attached hydrogen (secondary N) is 2. The Morgan fingerprint density at radius 3 is 1.93 bits per heavy atom. The first-order chi connectivity index (χ1) is 20.4. The molecule has 44 heavy (non-hydrogen) atoms. The van der Waals surface area contributed by atoms with Gasteiger partial charge in [0.1, 0.15) is 36.6 Å². The molecule has 0 radical (unpaired) electrons. The number of aliphatic hydroxyl groups excluding tert-OH is 4. The molecule has 6 rings (SSSR count). The van der Waals surface area contributed by atoms with Crippen LogP contribution in [0.3, 0.4) is 0 Å². The zero-order valence-corrected chi connectivity index (χ0v) is 23.4. The summed E-state index contributed by atoms with van der Waals surface area (Å²) in [5.74, 6) is -0.497. The van der Waals surface area contributed by atoms with Gasteiger partial charge in [-0.1, -0.05) is 0 Å². The van der Waals surface area contributed by atoms with Gasteiger partial charge in [-0.2, -0.15) is 9.97 Å². The van der Waals surface area contributed by atoms with Gasteiger partial charge in [-0.15, -0.1) is 0 Å². The quantitative estimate of drug-likeness (QED) is 0.0815. The number of imidazole rings is 2. The smallest absolute Gasteiger partial charge is 0.280 e. The first-order valence-electron chi connectivity index (χ1n) is 12.4. The number of phosphoric acid groups is 1. The van der Waals surface area contributed by atoms with Crippen LogP contribution in [-0.2, 0) is 23.1 Å². The number of quaternary nitrogens is 1.